The number of anilines is 1. The fraction of sp³-hybridized carbons (Fsp3) is 0.533. The first-order valence-corrected chi connectivity index (χ1v) is 6.90. The molecule has 0 amide bonds. The van der Waals surface area contributed by atoms with Crippen LogP contribution in [-0.4, -0.2) is 19.3 Å². The molecule has 0 bridgehead atoms. The van der Waals surface area contributed by atoms with Gasteiger partial charge in [0.15, 0.2) is 0 Å². The molecule has 0 aliphatic heterocycles. The van der Waals surface area contributed by atoms with Crippen LogP contribution >= 0.6 is 0 Å². The summed E-state index contributed by atoms with van der Waals surface area (Å²) in [6.45, 7) is 6.75. The lowest BCUT2D eigenvalue weighted by Crippen LogP contribution is -2.25. The minimum absolute atomic E-state index is 1.05. The molecule has 0 heterocycles. The zero-order valence-corrected chi connectivity index (χ0v) is 11.6. The monoisotopic (exact) mass is 247 g/mol. The molecule has 2 N–H and O–H groups in total. The van der Waals surface area contributed by atoms with E-state index < -0.39 is 0 Å². The molecule has 3 nitrogen and oxygen atoms in total. The molecular formula is C15H25N3. The van der Waals surface area contributed by atoms with Gasteiger partial charge in [0.2, 0.25) is 0 Å². The Morgan fingerprint density at radius 3 is 2.06 bits per heavy atom. The van der Waals surface area contributed by atoms with Crippen molar-refractivity contribution in [2.75, 3.05) is 18.0 Å². The maximum Gasteiger partial charge on any atom is 0.0538 e. The van der Waals surface area contributed by atoms with Crippen molar-refractivity contribution >= 4 is 11.9 Å². The van der Waals surface area contributed by atoms with Gasteiger partial charge in [-0.15, -0.1) is 0 Å². The van der Waals surface area contributed by atoms with E-state index in [0.717, 1.165) is 18.7 Å². The summed E-state index contributed by atoms with van der Waals surface area (Å²) >= 11 is 0. The molecule has 0 fully saturated rings. The Balaban J connectivity index is 2.70. The lowest BCUT2D eigenvalue weighted by Gasteiger charge is -2.24. The Hall–Kier alpha value is -1.51. The van der Waals surface area contributed by atoms with Crippen molar-refractivity contribution in [2.24, 2.45) is 10.9 Å². The molecule has 1 aromatic rings. The van der Waals surface area contributed by atoms with E-state index in [1.165, 1.54) is 31.4 Å². The number of hydrogen-bond donors (Lipinski definition) is 1. The summed E-state index contributed by atoms with van der Waals surface area (Å²) in [6, 6.07) is 8.44. The molecule has 0 atom stereocenters. The van der Waals surface area contributed by atoms with Crippen molar-refractivity contribution in [3.8, 4) is 0 Å². The van der Waals surface area contributed by atoms with Crippen LogP contribution in [0, 0.1) is 0 Å². The summed E-state index contributed by atoms with van der Waals surface area (Å²) in [5.41, 5.74) is 2.35. The highest BCUT2D eigenvalue weighted by Crippen LogP contribution is 2.16. The van der Waals surface area contributed by atoms with Crippen molar-refractivity contribution in [3.63, 3.8) is 0 Å². The average Bonchev–Trinajstić information content (AvgIpc) is 2.41. The normalized spacial score (nSPS) is 11.0. The number of rotatable bonds is 8. The summed E-state index contributed by atoms with van der Waals surface area (Å²) in [7, 11) is 0. The second-order valence-electron chi connectivity index (χ2n) is 4.56. The molecule has 1 rings (SSSR count). The Bertz CT molecular complexity index is 335. The van der Waals surface area contributed by atoms with Crippen LogP contribution in [0.4, 0.5) is 5.69 Å². The number of unbranched alkanes of at least 4 members (excludes halogenated alkanes) is 2. The summed E-state index contributed by atoms with van der Waals surface area (Å²) < 4.78 is 0. The van der Waals surface area contributed by atoms with Crippen molar-refractivity contribution in [1.82, 2.24) is 0 Å². The van der Waals surface area contributed by atoms with Gasteiger partial charge in [0, 0.05) is 18.8 Å². The van der Waals surface area contributed by atoms with E-state index in [4.69, 9.17) is 5.84 Å². The molecule has 3 heteroatoms. The van der Waals surface area contributed by atoms with E-state index in [-0.39, 0.29) is 0 Å². The molecule has 0 saturated carbocycles. The third-order valence-electron chi connectivity index (χ3n) is 3.05. The van der Waals surface area contributed by atoms with E-state index in [9.17, 15) is 0 Å². The molecular weight excluding hydrogens is 222 g/mol. The van der Waals surface area contributed by atoms with Gasteiger partial charge in [-0.2, -0.15) is 5.10 Å². The number of hydrogen-bond acceptors (Lipinski definition) is 3. The third kappa shape index (κ3) is 4.78. The van der Waals surface area contributed by atoms with Crippen LogP contribution in [0.3, 0.4) is 0 Å². The van der Waals surface area contributed by atoms with Gasteiger partial charge in [0.1, 0.15) is 0 Å². The zero-order valence-electron chi connectivity index (χ0n) is 11.6. The van der Waals surface area contributed by atoms with Crippen LogP contribution in [0.5, 0.6) is 0 Å². The molecule has 100 valence electrons. The molecule has 0 radical (unpaired) electrons. The Morgan fingerprint density at radius 1 is 1.06 bits per heavy atom. The standard InChI is InChI=1S/C15H25N3/c1-3-5-11-18(12-6-4-2)15-9-7-14(8-10-15)13-17-16/h7-10,13H,3-6,11-12,16H2,1-2H3/b17-13+. The van der Waals surface area contributed by atoms with Gasteiger partial charge in [-0.25, -0.2) is 0 Å². The summed E-state index contributed by atoms with van der Waals surface area (Å²) in [4.78, 5) is 2.47. The second kappa shape index (κ2) is 8.56. The highest BCUT2D eigenvalue weighted by atomic mass is 15.1. The van der Waals surface area contributed by atoms with Gasteiger partial charge in [-0.1, -0.05) is 38.8 Å². The first-order valence-electron chi connectivity index (χ1n) is 6.90. The molecule has 0 aliphatic carbocycles. The fourth-order valence-corrected chi connectivity index (χ4v) is 1.93. The number of nitrogens with zero attached hydrogens (tertiary/aromatic N) is 2. The van der Waals surface area contributed by atoms with Crippen LogP contribution in [0.25, 0.3) is 0 Å². The molecule has 0 saturated heterocycles. The topological polar surface area (TPSA) is 41.6 Å². The number of nitrogens with two attached hydrogens (primary N) is 1. The minimum Gasteiger partial charge on any atom is -0.372 e. The summed E-state index contributed by atoms with van der Waals surface area (Å²) in [5, 5.41) is 3.54. The van der Waals surface area contributed by atoms with E-state index in [2.05, 4.69) is 48.1 Å². The highest BCUT2D eigenvalue weighted by Gasteiger charge is 2.04. The lowest BCUT2D eigenvalue weighted by atomic mass is 10.2. The van der Waals surface area contributed by atoms with Gasteiger partial charge in [-0.3, -0.25) is 0 Å². The van der Waals surface area contributed by atoms with Crippen molar-refractivity contribution in [2.45, 2.75) is 39.5 Å². The van der Waals surface area contributed by atoms with E-state index >= 15 is 0 Å². The third-order valence-corrected chi connectivity index (χ3v) is 3.05. The smallest absolute Gasteiger partial charge is 0.0538 e. The maximum absolute atomic E-state index is 5.15. The SMILES string of the molecule is CCCCN(CCCC)c1ccc(/C=N/N)cc1. The molecule has 0 spiro atoms. The quantitative estimate of drug-likeness (QED) is 0.434. The minimum atomic E-state index is 1.05. The Morgan fingerprint density at radius 2 is 1.61 bits per heavy atom. The van der Waals surface area contributed by atoms with Crippen LogP contribution in [0.15, 0.2) is 29.4 Å². The first kappa shape index (κ1) is 14.6. The predicted octanol–water partition coefficient (Wildman–Crippen LogP) is 3.39. The predicted molar refractivity (Wildman–Crippen MR) is 80.3 cm³/mol. The summed E-state index contributed by atoms with van der Waals surface area (Å²) in [5.74, 6) is 5.15. The molecule has 18 heavy (non-hydrogen) atoms. The molecule has 0 aliphatic rings. The summed E-state index contributed by atoms with van der Waals surface area (Å²) in [6.07, 6.45) is 6.64. The Labute approximate surface area is 111 Å². The van der Waals surface area contributed by atoms with E-state index in [1.54, 1.807) is 6.21 Å². The molecule has 0 unspecified atom stereocenters. The van der Waals surface area contributed by atoms with Crippen molar-refractivity contribution in [1.29, 1.82) is 0 Å². The largest absolute Gasteiger partial charge is 0.372 e. The maximum atomic E-state index is 5.15. The van der Waals surface area contributed by atoms with Crippen molar-refractivity contribution in [3.05, 3.63) is 29.8 Å². The van der Waals surface area contributed by atoms with Crippen LogP contribution in [0.1, 0.15) is 45.1 Å². The van der Waals surface area contributed by atoms with Gasteiger partial charge >= 0.3 is 0 Å². The number of benzene rings is 1. The number of hydrazone groups is 1. The fourth-order valence-electron chi connectivity index (χ4n) is 1.93. The van der Waals surface area contributed by atoms with Gasteiger partial charge in [0.25, 0.3) is 0 Å². The average molecular weight is 247 g/mol. The van der Waals surface area contributed by atoms with Gasteiger partial charge in [0.05, 0.1) is 6.21 Å². The van der Waals surface area contributed by atoms with E-state index in [0.29, 0.717) is 0 Å². The Kier molecular flexibility index (Phi) is 6.92. The van der Waals surface area contributed by atoms with Gasteiger partial charge in [-0.05, 0) is 30.5 Å². The second-order valence-corrected chi connectivity index (χ2v) is 4.56. The first-order chi connectivity index (χ1) is 8.81. The van der Waals surface area contributed by atoms with Crippen LogP contribution < -0.4 is 10.7 Å². The van der Waals surface area contributed by atoms with E-state index in [1.807, 2.05) is 0 Å². The molecule has 0 aromatic heterocycles. The van der Waals surface area contributed by atoms with Gasteiger partial charge < -0.3 is 10.7 Å². The van der Waals surface area contributed by atoms with Crippen molar-refractivity contribution < 1.29 is 0 Å². The zero-order chi connectivity index (χ0) is 13.2. The van der Waals surface area contributed by atoms with Crippen LogP contribution in [-0.2, 0) is 0 Å². The lowest BCUT2D eigenvalue weighted by molar-refractivity contribution is 0.678. The molecule has 1 aromatic carbocycles. The highest BCUT2D eigenvalue weighted by molar-refractivity contribution is 5.80. The van der Waals surface area contributed by atoms with Crippen LogP contribution in [0.2, 0.25) is 0 Å².